The molecular weight excluding hydrogens is 424 g/mol. The number of amides is 1. The van der Waals surface area contributed by atoms with Gasteiger partial charge in [-0.2, -0.15) is 4.99 Å². The lowest BCUT2D eigenvalue weighted by molar-refractivity contribution is -0.143. The van der Waals surface area contributed by atoms with Crippen molar-refractivity contribution in [3.05, 3.63) is 52.3 Å². The van der Waals surface area contributed by atoms with Gasteiger partial charge in [0.1, 0.15) is 6.54 Å². The Morgan fingerprint density at radius 1 is 1.10 bits per heavy atom. The minimum absolute atomic E-state index is 0.0997. The first-order valence-electron chi connectivity index (χ1n) is 9.36. The molecule has 4 rings (SSSR count). The van der Waals surface area contributed by atoms with E-state index < -0.39 is 17.8 Å². The number of hydrogen-bond acceptors (Lipinski definition) is 8. The van der Waals surface area contributed by atoms with Crippen LogP contribution in [0, 0.1) is 0 Å². The Balaban J connectivity index is 1.79. The minimum atomic E-state index is -0.504. The van der Waals surface area contributed by atoms with Gasteiger partial charge in [0.05, 0.1) is 29.5 Å². The smallest absolute Gasteiger partial charge is 0.337 e. The predicted octanol–water partition coefficient (Wildman–Crippen LogP) is 2.52. The third-order valence-electron chi connectivity index (χ3n) is 4.51. The van der Waals surface area contributed by atoms with Crippen LogP contribution in [-0.4, -0.2) is 42.9 Å². The van der Waals surface area contributed by atoms with Gasteiger partial charge >= 0.3 is 11.9 Å². The summed E-state index contributed by atoms with van der Waals surface area (Å²) in [6.45, 7) is 1.92. The van der Waals surface area contributed by atoms with Crippen LogP contribution in [0.4, 0.5) is 0 Å². The van der Waals surface area contributed by atoms with Crippen molar-refractivity contribution in [1.82, 2.24) is 4.57 Å². The van der Waals surface area contributed by atoms with Crippen LogP contribution in [0.15, 0.2) is 41.4 Å². The first-order valence-corrected chi connectivity index (χ1v) is 10.2. The molecule has 1 aliphatic rings. The molecule has 0 bridgehead atoms. The van der Waals surface area contributed by atoms with E-state index in [0.29, 0.717) is 37.6 Å². The normalized spacial score (nSPS) is 12.8. The standard InChI is InChI=1S/C21H18N2O7S/c1-3-28-18(24)10-23-14-6-4-13(20(26)27-2)9-17(14)31-21(23)22-19(25)12-5-7-15-16(8-12)30-11-29-15/h4-9H,3,10-11H2,1-2H3. The van der Waals surface area contributed by atoms with Crippen molar-refractivity contribution in [1.29, 1.82) is 0 Å². The molecule has 0 aliphatic carbocycles. The quantitative estimate of drug-likeness (QED) is 0.559. The topological polar surface area (TPSA) is 105 Å². The number of ether oxygens (including phenoxy) is 4. The Labute approximate surface area is 180 Å². The largest absolute Gasteiger partial charge is 0.465 e. The third-order valence-corrected chi connectivity index (χ3v) is 5.55. The van der Waals surface area contributed by atoms with Crippen molar-refractivity contribution < 1.29 is 33.3 Å². The number of nitrogens with zero attached hydrogens (tertiary/aromatic N) is 2. The van der Waals surface area contributed by atoms with Gasteiger partial charge < -0.3 is 23.5 Å². The number of methoxy groups -OCH3 is 1. The molecule has 2 heterocycles. The molecule has 1 aromatic heterocycles. The SMILES string of the molecule is CCOC(=O)Cn1c(=NC(=O)c2ccc3c(c2)OCO3)sc2cc(C(=O)OC)ccc21. The molecule has 0 N–H and O–H groups in total. The van der Waals surface area contributed by atoms with E-state index in [1.165, 1.54) is 18.4 Å². The maximum absolute atomic E-state index is 12.8. The molecule has 0 atom stereocenters. The highest BCUT2D eigenvalue weighted by Crippen LogP contribution is 2.32. The van der Waals surface area contributed by atoms with Crippen molar-refractivity contribution in [2.24, 2.45) is 4.99 Å². The number of thiazole rings is 1. The number of rotatable bonds is 5. The van der Waals surface area contributed by atoms with Gasteiger partial charge in [-0.05, 0) is 43.3 Å². The maximum atomic E-state index is 12.8. The number of hydrogen-bond donors (Lipinski definition) is 0. The monoisotopic (exact) mass is 442 g/mol. The summed E-state index contributed by atoms with van der Waals surface area (Å²) in [6, 6.07) is 9.71. The van der Waals surface area contributed by atoms with Crippen LogP contribution in [0.2, 0.25) is 0 Å². The van der Waals surface area contributed by atoms with Gasteiger partial charge in [0, 0.05) is 5.56 Å². The van der Waals surface area contributed by atoms with E-state index >= 15 is 0 Å². The summed E-state index contributed by atoms with van der Waals surface area (Å²) in [5, 5.41) is 0. The molecule has 2 aromatic carbocycles. The van der Waals surface area contributed by atoms with Crippen LogP contribution in [0.3, 0.4) is 0 Å². The molecule has 0 saturated heterocycles. The zero-order valence-corrected chi connectivity index (χ0v) is 17.6. The van der Waals surface area contributed by atoms with E-state index in [-0.39, 0.29) is 19.9 Å². The average Bonchev–Trinajstić information content (AvgIpc) is 3.37. The summed E-state index contributed by atoms with van der Waals surface area (Å²) >= 11 is 1.18. The zero-order valence-electron chi connectivity index (χ0n) is 16.7. The van der Waals surface area contributed by atoms with Gasteiger partial charge in [0.2, 0.25) is 6.79 Å². The van der Waals surface area contributed by atoms with E-state index in [2.05, 4.69) is 4.99 Å². The van der Waals surface area contributed by atoms with Crippen molar-refractivity contribution >= 4 is 39.4 Å². The fourth-order valence-corrected chi connectivity index (χ4v) is 4.14. The summed E-state index contributed by atoms with van der Waals surface area (Å²) in [5.74, 6) is -0.417. The minimum Gasteiger partial charge on any atom is -0.465 e. The average molecular weight is 442 g/mol. The lowest BCUT2D eigenvalue weighted by Gasteiger charge is -2.05. The van der Waals surface area contributed by atoms with Gasteiger partial charge in [0.25, 0.3) is 5.91 Å². The molecular formula is C21H18N2O7S. The summed E-state index contributed by atoms with van der Waals surface area (Å²) < 4.78 is 22.6. The van der Waals surface area contributed by atoms with Crippen molar-refractivity contribution in [3.63, 3.8) is 0 Å². The Hall–Kier alpha value is -3.66. The Kier molecular flexibility index (Phi) is 5.72. The second-order valence-corrected chi connectivity index (χ2v) is 7.44. The van der Waals surface area contributed by atoms with Crippen LogP contribution in [0.5, 0.6) is 11.5 Å². The summed E-state index contributed by atoms with van der Waals surface area (Å²) in [6.07, 6.45) is 0. The van der Waals surface area contributed by atoms with Crippen LogP contribution < -0.4 is 14.3 Å². The summed E-state index contributed by atoms with van der Waals surface area (Å²) in [4.78, 5) is 41.3. The molecule has 0 fully saturated rings. The first-order chi connectivity index (χ1) is 15.0. The maximum Gasteiger partial charge on any atom is 0.337 e. The third kappa shape index (κ3) is 4.15. The van der Waals surface area contributed by atoms with E-state index in [1.54, 1.807) is 47.9 Å². The summed E-state index contributed by atoms with van der Waals surface area (Å²) in [5.41, 5.74) is 1.32. The fraction of sp³-hybridized carbons (Fsp3) is 0.238. The van der Waals surface area contributed by atoms with E-state index in [0.717, 1.165) is 0 Å². The molecule has 0 saturated carbocycles. The molecule has 0 radical (unpaired) electrons. The predicted molar refractivity (Wildman–Crippen MR) is 110 cm³/mol. The number of carbonyl (C=O) groups is 3. The molecule has 1 aliphatic heterocycles. The van der Waals surface area contributed by atoms with Gasteiger partial charge in [-0.15, -0.1) is 0 Å². The van der Waals surface area contributed by atoms with Gasteiger partial charge in [0.15, 0.2) is 16.3 Å². The van der Waals surface area contributed by atoms with Gasteiger partial charge in [-0.3, -0.25) is 9.59 Å². The molecule has 3 aromatic rings. The molecule has 31 heavy (non-hydrogen) atoms. The number of benzene rings is 2. The Bertz CT molecular complexity index is 1260. The second kappa shape index (κ2) is 8.60. The molecule has 1 amide bonds. The first kappa shape index (κ1) is 20.6. The zero-order chi connectivity index (χ0) is 22.0. The number of esters is 2. The molecule has 10 heteroatoms. The van der Waals surface area contributed by atoms with Crippen LogP contribution in [0.1, 0.15) is 27.6 Å². The van der Waals surface area contributed by atoms with E-state index in [1.807, 2.05) is 0 Å². The molecule has 9 nitrogen and oxygen atoms in total. The van der Waals surface area contributed by atoms with Crippen LogP contribution in [-0.2, 0) is 20.8 Å². The Morgan fingerprint density at radius 3 is 2.65 bits per heavy atom. The lowest BCUT2D eigenvalue weighted by atomic mass is 10.2. The van der Waals surface area contributed by atoms with Gasteiger partial charge in [-0.25, -0.2) is 4.79 Å². The van der Waals surface area contributed by atoms with E-state index in [9.17, 15) is 14.4 Å². The van der Waals surface area contributed by atoms with Crippen molar-refractivity contribution in [3.8, 4) is 11.5 Å². The van der Waals surface area contributed by atoms with Crippen molar-refractivity contribution in [2.75, 3.05) is 20.5 Å². The van der Waals surface area contributed by atoms with Crippen LogP contribution >= 0.6 is 11.3 Å². The highest BCUT2D eigenvalue weighted by Gasteiger charge is 2.18. The number of carbonyl (C=O) groups excluding carboxylic acids is 3. The van der Waals surface area contributed by atoms with E-state index in [4.69, 9.17) is 18.9 Å². The number of aromatic nitrogens is 1. The van der Waals surface area contributed by atoms with Gasteiger partial charge in [-0.1, -0.05) is 11.3 Å². The second-order valence-electron chi connectivity index (χ2n) is 6.43. The summed E-state index contributed by atoms with van der Waals surface area (Å²) in [7, 11) is 1.30. The Morgan fingerprint density at radius 2 is 1.87 bits per heavy atom. The molecule has 0 unspecified atom stereocenters. The van der Waals surface area contributed by atoms with Crippen molar-refractivity contribution in [2.45, 2.75) is 13.5 Å². The highest BCUT2D eigenvalue weighted by atomic mass is 32.1. The highest BCUT2D eigenvalue weighted by molar-refractivity contribution is 7.16. The lowest BCUT2D eigenvalue weighted by Crippen LogP contribution is -2.23. The number of fused-ring (bicyclic) bond motifs is 2. The molecule has 0 spiro atoms. The molecule has 160 valence electrons. The fourth-order valence-electron chi connectivity index (χ4n) is 3.07. The van der Waals surface area contributed by atoms with Crippen LogP contribution in [0.25, 0.3) is 10.2 Å².